The van der Waals surface area contributed by atoms with Crippen molar-refractivity contribution in [2.45, 2.75) is 4.90 Å². The van der Waals surface area contributed by atoms with E-state index in [-0.39, 0.29) is 17.0 Å². The predicted molar refractivity (Wildman–Crippen MR) is 116 cm³/mol. The van der Waals surface area contributed by atoms with Crippen molar-refractivity contribution in [3.05, 3.63) is 64.7 Å². The van der Waals surface area contributed by atoms with Crippen LogP contribution in [-0.4, -0.2) is 63.6 Å². The van der Waals surface area contributed by atoms with Gasteiger partial charge in [0, 0.05) is 29.2 Å². The van der Waals surface area contributed by atoms with E-state index in [2.05, 4.69) is 15.8 Å². The van der Waals surface area contributed by atoms with Crippen LogP contribution < -0.4 is 10.7 Å². The molecule has 3 rings (SSSR count). The SMILES string of the molecule is O=C(CNC(=O)c1ccc(S(=O)(=O)N2CCOCC2)cc1)N/N=C/c1ccccc1Cl. The smallest absolute Gasteiger partial charge is 0.259 e. The summed E-state index contributed by atoms with van der Waals surface area (Å²) < 4.78 is 31.7. The average Bonchev–Trinajstić information content (AvgIpc) is 2.79. The number of halogens is 1. The van der Waals surface area contributed by atoms with Gasteiger partial charge in [0.1, 0.15) is 0 Å². The van der Waals surface area contributed by atoms with Crippen LogP contribution in [0.3, 0.4) is 0 Å². The molecule has 31 heavy (non-hydrogen) atoms. The van der Waals surface area contributed by atoms with Crippen LogP contribution in [0.5, 0.6) is 0 Å². The van der Waals surface area contributed by atoms with E-state index in [4.69, 9.17) is 16.3 Å². The van der Waals surface area contributed by atoms with Gasteiger partial charge < -0.3 is 10.1 Å². The Morgan fingerprint density at radius 1 is 1.10 bits per heavy atom. The standard InChI is InChI=1S/C20H21ClN4O5S/c21-18-4-2-1-3-16(18)13-23-24-19(26)14-22-20(27)15-5-7-17(8-6-15)31(28,29)25-9-11-30-12-10-25/h1-8,13H,9-12,14H2,(H,22,27)(H,24,26)/b23-13+. The molecule has 1 heterocycles. The summed E-state index contributed by atoms with van der Waals surface area (Å²) in [5.74, 6) is -1.04. The maximum atomic E-state index is 12.6. The zero-order chi connectivity index (χ0) is 22.3. The molecule has 2 amide bonds. The topological polar surface area (TPSA) is 117 Å². The maximum absolute atomic E-state index is 12.6. The molecule has 0 bridgehead atoms. The van der Waals surface area contributed by atoms with Gasteiger partial charge in [0.2, 0.25) is 10.0 Å². The minimum atomic E-state index is -3.63. The number of ether oxygens (including phenoxy) is 1. The predicted octanol–water partition coefficient (Wildman–Crippen LogP) is 1.24. The molecule has 0 aromatic heterocycles. The van der Waals surface area contributed by atoms with E-state index in [0.717, 1.165) is 0 Å². The van der Waals surface area contributed by atoms with Gasteiger partial charge >= 0.3 is 0 Å². The number of carbonyl (C=O) groups is 2. The Balaban J connectivity index is 1.51. The molecule has 0 aliphatic carbocycles. The van der Waals surface area contributed by atoms with E-state index < -0.39 is 21.8 Å². The summed E-state index contributed by atoms with van der Waals surface area (Å²) in [5, 5.41) is 6.74. The Bertz CT molecular complexity index is 1070. The third-order valence-corrected chi connectivity index (χ3v) is 6.69. The molecule has 2 aromatic rings. The molecule has 0 saturated carbocycles. The largest absolute Gasteiger partial charge is 0.379 e. The molecule has 0 unspecified atom stereocenters. The molecular formula is C20H21ClN4O5S. The molecule has 0 radical (unpaired) electrons. The van der Waals surface area contributed by atoms with Crippen LogP contribution in [0.2, 0.25) is 5.02 Å². The van der Waals surface area contributed by atoms with Crippen LogP contribution in [0.25, 0.3) is 0 Å². The first-order chi connectivity index (χ1) is 14.9. The highest BCUT2D eigenvalue weighted by Crippen LogP contribution is 2.17. The van der Waals surface area contributed by atoms with Crippen molar-refractivity contribution in [1.82, 2.24) is 15.0 Å². The van der Waals surface area contributed by atoms with Crippen LogP contribution in [-0.2, 0) is 19.6 Å². The van der Waals surface area contributed by atoms with Gasteiger partial charge in [-0.2, -0.15) is 9.41 Å². The summed E-state index contributed by atoms with van der Waals surface area (Å²) >= 11 is 5.99. The number of hydrazone groups is 1. The van der Waals surface area contributed by atoms with Crippen molar-refractivity contribution in [2.24, 2.45) is 5.10 Å². The number of amides is 2. The molecule has 9 nitrogen and oxygen atoms in total. The first-order valence-electron chi connectivity index (χ1n) is 9.40. The van der Waals surface area contributed by atoms with Crippen LogP contribution in [0, 0.1) is 0 Å². The molecule has 1 aliphatic heterocycles. The number of hydrogen-bond acceptors (Lipinski definition) is 6. The molecule has 0 spiro atoms. The van der Waals surface area contributed by atoms with Gasteiger partial charge in [0.25, 0.3) is 11.8 Å². The van der Waals surface area contributed by atoms with Crippen LogP contribution >= 0.6 is 11.6 Å². The van der Waals surface area contributed by atoms with Gasteiger partial charge in [0.05, 0.1) is 30.9 Å². The third kappa shape index (κ3) is 6.11. The number of carbonyl (C=O) groups excluding carboxylic acids is 2. The first kappa shape index (κ1) is 22.9. The fourth-order valence-corrected chi connectivity index (χ4v) is 4.36. The first-order valence-corrected chi connectivity index (χ1v) is 11.2. The number of rotatable bonds is 7. The number of nitrogens with one attached hydrogen (secondary N) is 2. The molecule has 2 aromatic carbocycles. The minimum Gasteiger partial charge on any atom is -0.379 e. The van der Waals surface area contributed by atoms with E-state index in [1.165, 1.54) is 34.8 Å². The van der Waals surface area contributed by atoms with Crippen molar-refractivity contribution in [2.75, 3.05) is 32.8 Å². The summed E-state index contributed by atoms with van der Waals surface area (Å²) in [7, 11) is -3.63. The average molecular weight is 465 g/mol. The number of hydrogen-bond donors (Lipinski definition) is 2. The monoisotopic (exact) mass is 464 g/mol. The molecule has 1 saturated heterocycles. The zero-order valence-electron chi connectivity index (χ0n) is 16.5. The quantitative estimate of drug-likeness (QED) is 0.472. The van der Waals surface area contributed by atoms with Gasteiger partial charge in [-0.05, 0) is 30.3 Å². The summed E-state index contributed by atoms with van der Waals surface area (Å²) in [6.45, 7) is 0.984. The molecule has 0 atom stereocenters. The Morgan fingerprint density at radius 2 is 1.77 bits per heavy atom. The summed E-state index contributed by atoms with van der Waals surface area (Å²) in [6.07, 6.45) is 1.40. The molecule has 164 valence electrons. The fourth-order valence-electron chi connectivity index (χ4n) is 2.77. The minimum absolute atomic E-state index is 0.0950. The molecule has 2 N–H and O–H groups in total. The van der Waals surface area contributed by atoms with Crippen molar-refractivity contribution < 1.29 is 22.7 Å². The third-order valence-electron chi connectivity index (χ3n) is 4.43. The van der Waals surface area contributed by atoms with Crippen molar-refractivity contribution in [3.63, 3.8) is 0 Å². The Hall–Kier alpha value is -2.79. The van der Waals surface area contributed by atoms with Crippen molar-refractivity contribution in [3.8, 4) is 0 Å². The summed E-state index contributed by atoms with van der Waals surface area (Å²) in [6, 6.07) is 12.5. The van der Waals surface area contributed by atoms with Gasteiger partial charge in [-0.3, -0.25) is 9.59 Å². The van der Waals surface area contributed by atoms with E-state index >= 15 is 0 Å². The maximum Gasteiger partial charge on any atom is 0.259 e. The number of benzene rings is 2. The van der Waals surface area contributed by atoms with E-state index in [1.54, 1.807) is 24.3 Å². The summed E-state index contributed by atoms with van der Waals surface area (Å²) in [4.78, 5) is 24.2. The second-order valence-electron chi connectivity index (χ2n) is 6.54. The lowest BCUT2D eigenvalue weighted by Gasteiger charge is -2.26. The van der Waals surface area contributed by atoms with Crippen molar-refractivity contribution in [1.29, 1.82) is 0 Å². The number of morpholine rings is 1. The Morgan fingerprint density at radius 3 is 2.45 bits per heavy atom. The highest BCUT2D eigenvalue weighted by Gasteiger charge is 2.26. The Labute approximate surface area is 185 Å². The van der Waals surface area contributed by atoms with E-state index in [1.807, 2.05) is 0 Å². The molecular weight excluding hydrogens is 444 g/mol. The molecule has 1 fully saturated rings. The lowest BCUT2D eigenvalue weighted by atomic mass is 10.2. The van der Waals surface area contributed by atoms with E-state index in [0.29, 0.717) is 36.9 Å². The van der Waals surface area contributed by atoms with Crippen molar-refractivity contribution >= 4 is 39.7 Å². The van der Waals surface area contributed by atoms with Gasteiger partial charge in [0.15, 0.2) is 0 Å². The molecule has 11 heteroatoms. The Kier molecular flexibility index (Phi) is 7.75. The fraction of sp³-hybridized carbons (Fsp3) is 0.250. The van der Waals surface area contributed by atoms with Gasteiger partial charge in [-0.25, -0.2) is 13.8 Å². The van der Waals surface area contributed by atoms with Gasteiger partial charge in [-0.15, -0.1) is 0 Å². The van der Waals surface area contributed by atoms with Crippen LogP contribution in [0.1, 0.15) is 15.9 Å². The normalized spacial score (nSPS) is 15.0. The second kappa shape index (κ2) is 10.5. The number of sulfonamides is 1. The lowest BCUT2D eigenvalue weighted by molar-refractivity contribution is -0.120. The number of nitrogens with zero attached hydrogens (tertiary/aromatic N) is 2. The summed E-state index contributed by atoms with van der Waals surface area (Å²) in [5.41, 5.74) is 3.16. The highest BCUT2D eigenvalue weighted by atomic mass is 35.5. The lowest BCUT2D eigenvalue weighted by Crippen LogP contribution is -2.40. The van der Waals surface area contributed by atoms with Crippen LogP contribution in [0.4, 0.5) is 0 Å². The molecule has 1 aliphatic rings. The van der Waals surface area contributed by atoms with Gasteiger partial charge in [-0.1, -0.05) is 29.8 Å². The van der Waals surface area contributed by atoms with Crippen LogP contribution in [0.15, 0.2) is 58.5 Å². The second-order valence-corrected chi connectivity index (χ2v) is 8.88. The zero-order valence-corrected chi connectivity index (χ0v) is 18.0. The van der Waals surface area contributed by atoms with E-state index in [9.17, 15) is 18.0 Å². The highest BCUT2D eigenvalue weighted by molar-refractivity contribution is 7.89.